The van der Waals surface area contributed by atoms with Crippen molar-refractivity contribution in [2.75, 3.05) is 0 Å². The first-order valence-corrected chi connectivity index (χ1v) is 3.99. The van der Waals surface area contributed by atoms with Crippen LogP contribution in [0.3, 0.4) is 0 Å². The van der Waals surface area contributed by atoms with Crippen molar-refractivity contribution in [3.8, 4) is 23.0 Å². The second-order valence-corrected chi connectivity index (χ2v) is 2.85. The zero-order valence-electron chi connectivity index (χ0n) is 7.43. The molecule has 1 heterocycles. The normalized spacial score (nSPS) is 10.4. The Morgan fingerprint density at radius 1 is 1.21 bits per heavy atom. The van der Waals surface area contributed by atoms with Crippen LogP contribution in [0, 0.1) is 6.92 Å². The summed E-state index contributed by atoms with van der Waals surface area (Å²) in [5.74, 6) is 0.453. The van der Waals surface area contributed by atoms with Gasteiger partial charge in [-0.2, -0.15) is 4.98 Å². The van der Waals surface area contributed by atoms with Crippen LogP contribution in [0.2, 0.25) is 0 Å². The van der Waals surface area contributed by atoms with E-state index in [2.05, 4.69) is 10.1 Å². The van der Waals surface area contributed by atoms with Gasteiger partial charge in [0.05, 0.1) is 0 Å². The minimum Gasteiger partial charge on any atom is -0.504 e. The highest BCUT2D eigenvalue weighted by atomic mass is 16.5. The summed E-state index contributed by atoms with van der Waals surface area (Å²) in [6.45, 7) is 1.70. The molecule has 0 atom stereocenters. The Morgan fingerprint density at radius 2 is 2.00 bits per heavy atom. The molecule has 1 aromatic carbocycles. The molecule has 2 aromatic rings. The molecule has 72 valence electrons. The molecule has 0 amide bonds. The number of phenols is 2. The van der Waals surface area contributed by atoms with Crippen LogP contribution in [-0.2, 0) is 0 Å². The van der Waals surface area contributed by atoms with Gasteiger partial charge in [-0.25, -0.2) is 0 Å². The van der Waals surface area contributed by atoms with Crippen molar-refractivity contribution in [1.82, 2.24) is 10.1 Å². The second kappa shape index (κ2) is 3.02. The maximum Gasteiger partial charge on any atom is 0.258 e. The highest BCUT2D eigenvalue weighted by molar-refractivity contribution is 5.58. The lowest BCUT2D eigenvalue weighted by Crippen LogP contribution is -1.78. The molecule has 1 aromatic heterocycles. The van der Waals surface area contributed by atoms with Crippen molar-refractivity contribution in [2.24, 2.45) is 0 Å². The van der Waals surface area contributed by atoms with Crippen molar-refractivity contribution in [2.45, 2.75) is 6.92 Å². The molecule has 2 N–H and O–H groups in total. The first kappa shape index (κ1) is 8.55. The van der Waals surface area contributed by atoms with E-state index in [9.17, 15) is 5.11 Å². The molecule has 0 spiro atoms. The molecule has 5 heteroatoms. The van der Waals surface area contributed by atoms with E-state index in [1.165, 1.54) is 12.1 Å². The van der Waals surface area contributed by atoms with Gasteiger partial charge in [-0.15, -0.1) is 0 Å². The van der Waals surface area contributed by atoms with E-state index in [0.29, 0.717) is 17.3 Å². The summed E-state index contributed by atoms with van der Waals surface area (Å²) in [7, 11) is 0. The Bertz CT molecular complexity index is 465. The van der Waals surface area contributed by atoms with Gasteiger partial charge in [-0.1, -0.05) is 5.16 Å². The lowest BCUT2D eigenvalue weighted by atomic mass is 10.2. The van der Waals surface area contributed by atoms with Gasteiger partial charge < -0.3 is 14.7 Å². The number of hydrogen-bond donors (Lipinski definition) is 2. The molecule has 0 saturated carbocycles. The molecule has 2 rings (SSSR count). The van der Waals surface area contributed by atoms with E-state index in [4.69, 9.17) is 9.63 Å². The fourth-order valence-corrected chi connectivity index (χ4v) is 1.07. The van der Waals surface area contributed by atoms with Crippen molar-refractivity contribution in [1.29, 1.82) is 0 Å². The van der Waals surface area contributed by atoms with E-state index in [1.807, 2.05) is 0 Å². The molecule has 0 radical (unpaired) electrons. The molecule has 0 aliphatic heterocycles. The van der Waals surface area contributed by atoms with Crippen LogP contribution in [0.15, 0.2) is 22.7 Å². The standard InChI is InChI=1S/C9H8N2O3/c1-5-10-9(14-11-5)6-2-3-7(12)8(13)4-6/h2-4,12-13H,1H3. The Hall–Kier alpha value is -2.04. The molecule has 5 nitrogen and oxygen atoms in total. The highest BCUT2D eigenvalue weighted by Crippen LogP contribution is 2.29. The summed E-state index contributed by atoms with van der Waals surface area (Å²) in [4.78, 5) is 3.98. The Kier molecular flexibility index (Phi) is 1.85. The molecule has 0 aliphatic rings. The van der Waals surface area contributed by atoms with Gasteiger partial charge >= 0.3 is 0 Å². The third kappa shape index (κ3) is 1.39. The van der Waals surface area contributed by atoms with Crippen molar-refractivity contribution >= 4 is 0 Å². The van der Waals surface area contributed by atoms with Gasteiger partial charge in [0, 0.05) is 5.56 Å². The largest absolute Gasteiger partial charge is 0.504 e. The average molecular weight is 192 g/mol. The summed E-state index contributed by atoms with van der Waals surface area (Å²) >= 11 is 0. The van der Waals surface area contributed by atoms with E-state index in [1.54, 1.807) is 13.0 Å². The summed E-state index contributed by atoms with van der Waals surface area (Å²) in [6.07, 6.45) is 0. The Balaban J connectivity index is 2.47. The predicted molar refractivity (Wildman–Crippen MR) is 47.8 cm³/mol. The Labute approximate surface area is 79.6 Å². The summed E-state index contributed by atoms with van der Waals surface area (Å²) < 4.78 is 4.89. The van der Waals surface area contributed by atoms with E-state index in [0.717, 1.165) is 0 Å². The van der Waals surface area contributed by atoms with E-state index >= 15 is 0 Å². The summed E-state index contributed by atoms with van der Waals surface area (Å²) in [5, 5.41) is 21.9. The first-order chi connectivity index (χ1) is 6.66. The summed E-state index contributed by atoms with van der Waals surface area (Å²) in [5.41, 5.74) is 0.570. The van der Waals surface area contributed by atoms with Crippen molar-refractivity contribution in [3.05, 3.63) is 24.0 Å². The second-order valence-electron chi connectivity index (χ2n) is 2.85. The SMILES string of the molecule is Cc1noc(-c2ccc(O)c(O)c2)n1. The van der Waals surface area contributed by atoms with E-state index < -0.39 is 0 Å². The molecule has 14 heavy (non-hydrogen) atoms. The Morgan fingerprint density at radius 3 is 2.57 bits per heavy atom. The molecule has 0 bridgehead atoms. The average Bonchev–Trinajstić information content (AvgIpc) is 2.57. The van der Waals surface area contributed by atoms with Gasteiger partial charge in [0.25, 0.3) is 5.89 Å². The van der Waals surface area contributed by atoms with Crippen LogP contribution >= 0.6 is 0 Å². The van der Waals surface area contributed by atoms with Crippen LogP contribution < -0.4 is 0 Å². The fraction of sp³-hybridized carbons (Fsp3) is 0.111. The lowest BCUT2D eigenvalue weighted by molar-refractivity contribution is 0.402. The van der Waals surface area contributed by atoms with Gasteiger partial charge in [0.1, 0.15) is 0 Å². The topological polar surface area (TPSA) is 79.4 Å². The monoisotopic (exact) mass is 192 g/mol. The smallest absolute Gasteiger partial charge is 0.258 e. The maximum absolute atomic E-state index is 9.23. The highest BCUT2D eigenvalue weighted by Gasteiger charge is 2.08. The molecular formula is C9H8N2O3. The van der Waals surface area contributed by atoms with Crippen LogP contribution in [0.4, 0.5) is 0 Å². The van der Waals surface area contributed by atoms with Crippen molar-refractivity contribution < 1.29 is 14.7 Å². The van der Waals surface area contributed by atoms with E-state index in [-0.39, 0.29) is 11.5 Å². The molecule has 0 saturated heterocycles. The van der Waals surface area contributed by atoms with Crippen LogP contribution in [0.25, 0.3) is 11.5 Å². The summed E-state index contributed by atoms with van der Waals surface area (Å²) in [6, 6.07) is 4.31. The third-order valence-electron chi connectivity index (χ3n) is 1.75. The number of nitrogens with zero attached hydrogens (tertiary/aromatic N) is 2. The number of aromatic nitrogens is 2. The maximum atomic E-state index is 9.23. The predicted octanol–water partition coefficient (Wildman–Crippen LogP) is 1.46. The quantitative estimate of drug-likeness (QED) is 0.668. The number of aryl methyl sites for hydroxylation is 1. The van der Waals surface area contributed by atoms with Crippen LogP contribution in [0.5, 0.6) is 11.5 Å². The first-order valence-electron chi connectivity index (χ1n) is 3.99. The molecule has 0 fully saturated rings. The zero-order chi connectivity index (χ0) is 10.1. The molecule has 0 unspecified atom stereocenters. The molecular weight excluding hydrogens is 184 g/mol. The van der Waals surface area contributed by atoms with Crippen molar-refractivity contribution in [3.63, 3.8) is 0 Å². The minimum atomic E-state index is -0.210. The number of rotatable bonds is 1. The number of benzene rings is 1. The van der Waals surface area contributed by atoms with Crippen LogP contribution in [-0.4, -0.2) is 20.4 Å². The molecule has 0 aliphatic carbocycles. The number of aromatic hydroxyl groups is 2. The minimum absolute atomic E-state index is 0.176. The van der Waals surface area contributed by atoms with Gasteiger partial charge in [0.15, 0.2) is 17.3 Å². The van der Waals surface area contributed by atoms with Gasteiger partial charge in [-0.3, -0.25) is 0 Å². The number of phenolic OH excluding ortho intramolecular Hbond substituents is 2. The van der Waals surface area contributed by atoms with Crippen LogP contribution in [0.1, 0.15) is 5.82 Å². The third-order valence-corrected chi connectivity index (χ3v) is 1.75. The van der Waals surface area contributed by atoms with Gasteiger partial charge in [0.2, 0.25) is 0 Å². The lowest BCUT2D eigenvalue weighted by Gasteiger charge is -1.97. The fourth-order valence-electron chi connectivity index (χ4n) is 1.07. The van der Waals surface area contributed by atoms with Gasteiger partial charge in [-0.05, 0) is 25.1 Å². The zero-order valence-corrected chi connectivity index (χ0v) is 7.43. The number of hydrogen-bond acceptors (Lipinski definition) is 5.